The van der Waals surface area contributed by atoms with Crippen LogP contribution in [0.3, 0.4) is 0 Å². The quantitative estimate of drug-likeness (QED) is 0.635. The van der Waals surface area contributed by atoms with E-state index in [2.05, 4.69) is 0 Å². The number of allylic oxidation sites excluding steroid dienone is 1. The lowest BCUT2D eigenvalue weighted by molar-refractivity contribution is 0.0750. The summed E-state index contributed by atoms with van der Waals surface area (Å²) in [7, 11) is 3.29. The van der Waals surface area contributed by atoms with Crippen molar-refractivity contribution in [2.75, 3.05) is 20.7 Å². The van der Waals surface area contributed by atoms with Crippen molar-refractivity contribution < 1.29 is 29.3 Å². The summed E-state index contributed by atoms with van der Waals surface area (Å²) in [6.45, 7) is 1.19. The summed E-state index contributed by atoms with van der Waals surface area (Å²) in [5, 5.41) is 20.5. The van der Waals surface area contributed by atoms with Gasteiger partial charge in [0.2, 0.25) is 5.78 Å². The molecule has 3 heterocycles. The molecule has 0 radical (unpaired) electrons. The topological polar surface area (TPSA) is 101 Å². The van der Waals surface area contributed by atoms with Gasteiger partial charge in [0.15, 0.2) is 5.76 Å². The molecule has 0 unspecified atom stereocenters. The first-order valence-corrected chi connectivity index (χ1v) is 9.35. The lowest BCUT2D eigenvalue weighted by atomic mass is 10.0. The number of phenols is 2. The second kappa shape index (κ2) is 6.28. The molecule has 0 saturated carbocycles. The summed E-state index contributed by atoms with van der Waals surface area (Å²) in [6.07, 6.45) is 1.52. The number of Topliss-reactive ketones (excluding diaryl/α,β-unsaturated/α-hetero) is 1. The molecule has 0 bridgehead atoms. The van der Waals surface area contributed by atoms with Crippen LogP contribution in [-0.4, -0.2) is 52.1 Å². The van der Waals surface area contributed by atoms with Crippen molar-refractivity contribution in [2.45, 2.75) is 6.54 Å². The fourth-order valence-corrected chi connectivity index (χ4v) is 4.04. The fourth-order valence-electron chi connectivity index (χ4n) is 4.04. The molecule has 8 nitrogen and oxygen atoms in total. The van der Waals surface area contributed by atoms with Crippen molar-refractivity contribution in [3.63, 3.8) is 0 Å². The van der Waals surface area contributed by atoms with Gasteiger partial charge in [0, 0.05) is 48.7 Å². The van der Waals surface area contributed by atoms with Crippen LogP contribution in [0, 0.1) is 0 Å². The molecule has 1 aromatic heterocycles. The number of carbonyl (C=O) groups is 2. The molecule has 0 saturated heterocycles. The van der Waals surface area contributed by atoms with Crippen molar-refractivity contribution in [3.05, 3.63) is 52.9 Å². The van der Waals surface area contributed by atoms with Crippen molar-refractivity contribution in [1.29, 1.82) is 0 Å². The molecule has 0 atom stereocenters. The third-order valence-corrected chi connectivity index (χ3v) is 5.53. The molecule has 2 N–H and O–H groups in total. The number of aromatic nitrogens is 1. The van der Waals surface area contributed by atoms with Gasteiger partial charge in [-0.05, 0) is 24.3 Å². The van der Waals surface area contributed by atoms with Gasteiger partial charge in [-0.15, -0.1) is 0 Å². The lowest BCUT2D eigenvalue weighted by Crippen LogP contribution is -2.37. The van der Waals surface area contributed by atoms with Crippen LogP contribution in [0.4, 0.5) is 0 Å². The number of rotatable bonds is 2. The lowest BCUT2D eigenvalue weighted by Gasteiger charge is -2.25. The zero-order valence-corrected chi connectivity index (χ0v) is 16.3. The smallest absolute Gasteiger partial charge is 0.270 e. The van der Waals surface area contributed by atoms with Crippen LogP contribution in [-0.2, 0) is 6.54 Å². The molecule has 3 aromatic rings. The molecule has 1 amide bonds. The number of fused-ring (bicyclic) bond motifs is 4. The summed E-state index contributed by atoms with van der Waals surface area (Å²) in [6, 6.07) is 7.87. The Morgan fingerprint density at radius 3 is 2.70 bits per heavy atom. The molecule has 5 rings (SSSR count). The average Bonchev–Trinajstić information content (AvgIpc) is 3.19. The van der Waals surface area contributed by atoms with E-state index in [1.54, 1.807) is 19.1 Å². The molecule has 2 aliphatic rings. The number of hydrogen-bond donors (Lipinski definition) is 2. The summed E-state index contributed by atoms with van der Waals surface area (Å²) in [5.74, 6) is -0.599. The Labute approximate surface area is 171 Å². The fraction of sp³-hybridized carbons (Fsp3) is 0.182. The number of ether oxygens (including phenoxy) is 2. The number of benzene rings is 2. The standard InChI is InChI=1S/C22H18N2O6/c1-23-5-6-24-15-4-3-12(29-2)9-13(15)14(20(24)22(23)28)10-18-21(27)19-16(26)7-11(25)8-17(19)30-18/h3-4,7-10,25-26H,5-6H2,1-2H3. The van der Waals surface area contributed by atoms with E-state index >= 15 is 0 Å². The van der Waals surface area contributed by atoms with E-state index in [-0.39, 0.29) is 34.5 Å². The second-order valence-electron chi connectivity index (χ2n) is 7.30. The van der Waals surface area contributed by atoms with Crippen molar-refractivity contribution in [1.82, 2.24) is 9.47 Å². The maximum Gasteiger partial charge on any atom is 0.270 e. The molecule has 8 heteroatoms. The highest BCUT2D eigenvalue weighted by atomic mass is 16.5. The summed E-state index contributed by atoms with van der Waals surface area (Å²) >= 11 is 0. The number of carbonyl (C=O) groups excluding carboxylic acids is 2. The molecule has 0 aliphatic carbocycles. The first kappa shape index (κ1) is 18.1. The van der Waals surface area contributed by atoms with Crippen LogP contribution in [0.5, 0.6) is 23.0 Å². The third-order valence-electron chi connectivity index (χ3n) is 5.53. The minimum Gasteiger partial charge on any atom is -0.508 e. The van der Waals surface area contributed by atoms with Gasteiger partial charge in [-0.25, -0.2) is 0 Å². The monoisotopic (exact) mass is 406 g/mol. The van der Waals surface area contributed by atoms with E-state index in [0.29, 0.717) is 30.1 Å². The molecule has 0 fully saturated rings. The Morgan fingerprint density at radius 2 is 1.93 bits per heavy atom. The maximum absolute atomic E-state index is 13.0. The van der Waals surface area contributed by atoms with Crippen molar-refractivity contribution in [2.24, 2.45) is 0 Å². The zero-order valence-electron chi connectivity index (χ0n) is 16.3. The van der Waals surface area contributed by atoms with E-state index in [4.69, 9.17) is 9.47 Å². The van der Waals surface area contributed by atoms with Crippen LogP contribution >= 0.6 is 0 Å². The van der Waals surface area contributed by atoms with Gasteiger partial charge in [0.1, 0.15) is 34.3 Å². The highest BCUT2D eigenvalue weighted by molar-refractivity contribution is 6.18. The highest BCUT2D eigenvalue weighted by Gasteiger charge is 2.34. The molecule has 2 aromatic carbocycles. The van der Waals surface area contributed by atoms with E-state index < -0.39 is 5.78 Å². The van der Waals surface area contributed by atoms with Crippen LogP contribution in [0.1, 0.15) is 26.4 Å². The molecule has 0 spiro atoms. The summed E-state index contributed by atoms with van der Waals surface area (Å²) in [5.41, 5.74) is 1.83. The number of amides is 1. The Hall–Kier alpha value is -3.94. The predicted molar refractivity (Wildman–Crippen MR) is 108 cm³/mol. The highest BCUT2D eigenvalue weighted by Crippen LogP contribution is 2.42. The Morgan fingerprint density at radius 1 is 1.13 bits per heavy atom. The largest absolute Gasteiger partial charge is 0.508 e. The van der Waals surface area contributed by atoms with Gasteiger partial charge in [-0.2, -0.15) is 0 Å². The third kappa shape index (κ3) is 2.46. The first-order chi connectivity index (χ1) is 14.4. The van der Waals surface area contributed by atoms with Gasteiger partial charge in [0.05, 0.1) is 7.11 Å². The molecule has 152 valence electrons. The summed E-state index contributed by atoms with van der Waals surface area (Å²) in [4.78, 5) is 27.5. The minimum absolute atomic E-state index is 0.0162. The van der Waals surface area contributed by atoms with Gasteiger partial charge in [-0.1, -0.05) is 0 Å². The van der Waals surface area contributed by atoms with E-state index in [0.717, 1.165) is 17.0 Å². The zero-order chi connectivity index (χ0) is 21.2. The van der Waals surface area contributed by atoms with Crippen molar-refractivity contribution in [3.8, 4) is 23.0 Å². The van der Waals surface area contributed by atoms with Gasteiger partial charge in [-0.3, -0.25) is 9.59 Å². The molecular formula is C22H18N2O6. The number of methoxy groups -OCH3 is 1. The molecular weight excluding hydrogens is 388 g/mol. The average molecular weight is 406 g/mol. The summed E-state index contributed by atoms with van der Waals surface area (Å²) < 4.78 is 12.9. The first-order valence-electron chi connectivity index (χ1n) is 9.35. The Balaban J connectivity index is 1.74. The number of aromatic hydroxyl groups is 2. The Kier molecular flexibility index (Phi) is 3.79. The van der Waals surface area contributed by atoms with Crippen LogP contribution < -0.4 is 9.47 Å². The van der Waals surface area contributed by atoms with Gasteiger partial charge >= 0.3 is 0 Å². The number of nitrogens with zero attached hydrogens (tertiary/aromatic N) is 2. The van der Waals surface area contributed by atoms with Crippen LogP contribution in [0.25, 0.3) is 17.0 Å². The second-order valence-corrected chi connectivity index (χ2v) is 7.30. The number of ketones is 1. The number of phenolic OH excluding ortho intramolecular Hbond substituents is 2. The van der Waals surface area contributed by atoms with Gasteiger partial charge < -0.3 is 29.2 Å². The van der Waals surface area contributed by atoms with E-state index in [1.807, 2.05) is 22.8 Å². The van der Waals surface area contributed by atoms with Crippen molar-refractivity contribution >= 4 is 28.7 Å². The Bertz CT molecular complexity index is 1290. The minimum atomic E-state index is -0.518. The predicted octanol–water partition coefficient (Wildman–Crippen LogP) is 2.76. The number of hydrogen-bond acceptors (Lipinski definition) is 6. The molecule has 30 heavy (non-hydrogen) atoms. The SMILES string of the molecule is COc1ccc2c(c1)c(C=C1Oc3cc(O)cc(O)c3C1=O)c1n2CCN(C)C1=O. The van der Waals surface area contributed by atoms with E-state index in [9.17, 15) is 19.8 Å². The number of likely N-dealkylation sites (N-methyl/N-ethyl adjacent to an activating group) is 1. The molecule has 2 aliphatic heterocycles. The van der Waals surface area contributed by atoms with E-state index in [1.165, 1.54) is 12.1 Å². The van der Waals surface area contributed by atoms with Gasteiger partial charge in [0.25, 0.3) is 5.91 Å². The normalized spacial score (nSPS) is 16.7. The van der Waals surface area contributed by atoms with Crippen LogP contribution in [0.2, 0.25) is 0 Å². The maximum atomic E-state index is 13.0. The van der Waals surface area contributed by atoms with Crippen LogP contribution in [0.15, 0.2) is 36.1 Å².